The molecule has 13 heavy (non-hydrogen) atoms. The Hall–Kier alpha value is -1.65. The van der Waals surface area contributed by atoms with Crippen LogP contribution in [0.5, 0.6) is 0 Å². The van der Waals surface area contributed by atoms with Gasteiger partial charge in [0, 0.05) is 0 Å². The van der Waals surface area contributed by atoms with Crippen LogP contribution in [0.3, 0.4) is 0 Å². The van der Waals surface area contributed by atoms with Crippen LogP contribution in [0.15, 0.2) is 22.7 Å². The number of halogens is 2. The van der Waals surface area contributed by atoms with Crippen molar-refractivity contribution in [3.8, 4) is 0 Å². The monoisotopic (exact) mass is 184 g/mol. The number of alkyl halides is 2. The zero-order valence-electron chi connectivity index (χ0n) is 6.50. The molecule has 2 N–H and O–H groups in total. The minimum absolute atomic E-state index is 0.220. The summed E-state index contributed by atoms with van der Waals surface area (Å²) in [5.41, 5.74) is 5.67. The number of benzene rings is 1. The average molecular weight is 184 g/mol. The molecule has 2 rings (SSSR count). The Morgan fingerprint density at radius 2 is 2.15 bits per heavy atom. The number of aromatic nitrogens is 1. The number of hydrogen-bond donors (Lipinski definition) is 1. The van der Waals surface area contributed by atoms with E-state index < -0.39 is 6.43 Å². The molecule has 0 saturated carbocycles. The summed E-state index contributed by atoms with van der Waals surface area (Å²) in [5, 5.41) is 3.52. The topological polar surface area (TPSA) is 52.0 Å². The van der Waals surface area contributed by atoms with Crippen LogP contribution in [0, 0.1) is 0 Å². The Morgan fingerprint density at radius 1 is 1.38 bits per heavy atom. The molecule has 0 aliphatic heterocycles. The van der Waals surface area contributed by atoms with E-state index in [0.29, 0.717) is 5.69 Å². The Bertz CT molecular complexity index is 439. The van der Waals surface area contributed by atoms with Crippen molar-refractivity contribution >= 4 is 16.7 Å². The zero-order chi connectivity index (χ0) is 9.42. The number of nitrogen functional groups attached to an aromatic ring is 1. The van der Waals surface area contributed by atoms with Gasteiger partial charge in [0.2, 0.25) is 0 Å². The zero-order valence-corrected chi connectivity index (χ0v) is 6.50. The normalized spacial score (nSPS) is 11.3. The Kier molecular flexibility index (Phi) is 1.65. The maximum absolute atomic E-state index is 12.3. The number of hydrogen-bond acceptors (Lipinski definition) is 3. The van der Waals surface area contributed by atoms with Gasteiger partial charge >= 0.3 is 0 Å². The second-order valence-corrected chi connectivity index (χ2v) is 2.59. The van der Waals surface area contributed by atoms with Crippen LogP contribution in [0.4, 0.5) is 14.5 Å². The molecule has 0 radical (unpaired) electrons. The van der Waals surface area contributed by atoms with Gasteiger partial charge in [0.15, 0.2) is 11.3 Å². The van der Waals surface area contributed by atoms with Gasteiger partial charge in [-0.05, 0) is 12.1 Å². The van der Waals surface area contributed by atoms with Crippen molar-refractivity contribution in [1.29, 1.82) is 0 Å². The third kappa shape index (κ3) is 1.12. The molecule has 0 unspecified atom stereocenters. The van der Waals surface area contributed by atoms with Crippen molar-refractivity contribution in [3.63, 3.8) is 0 Å². The molecular formula is C8H6F2N2O. The highest BCUT2D eigenvalue weighted by Gasteiger charge is 2.17. The smallest absolute Gasteiger partial charge is 0.284 e. The molecular weight excluding hydrogens is 178 g/mol. The molecule has 1 aromatic carbocycles. The minimum Gasteiger partial charge on any atom is -0.396 e. The lowest BCUT2D eigenvalue weighted by atomic mass is 10.2. The lowest BCUT2D eigenvalue weighted by molar-refractivity contribution is 0.142. The molecule has 0 saturated heterocycles. The molecule has 0 fully saturated rings. The van der Waals surface area contributed by atoms with Crippen LogP contribution < -0.4 is 5.73 Å². The van der Waals surface area contributed by atoms with E-state index in [-0.39, 0.29) is 16.7 Å². The summed E-state index contributed by atoms with van der Waals surface area (Å²) in [5.74, 6) is 0. The minimum atomic E-state index is -2.64. The van der Waals surface area contributed by atoms with E-state index in [0.717, 1.165) is 0 Å². The highest BCUT2D eigenvalue weighted by Crippen LogP contribution is 2.29. The molecule has 0 atom stereocenters. The van der Waals surface area contributed by atoms with E-state index in [1.807, 2.05) is 0 Å². The van der Waals surface area contributed by atoms with Crippen molar-refractivity contribution in [2.45, 2.75) is 6.43 Å². The van der Waals surface area contributed by atoms with Crippen LogP contribution in [0.25, 0.3) is 11.0 Å². The third-order valence-corrected chi connectivity index (χ3v) is 1.76. The van der Waals surface area contributed by atoms with Gasteiger partial charge in [-0.15, -0.1) is 0 Å². The third-order valence-electron chi connectivity index (χ3n) is 1.76. The number of nitrogens with zero attached hydrogens (tertiary/aromatic N) is 1. The van der Waals surface area contributed by atoms with Crippen molar-refractivity contribution in [3.05, 3.63) is 23.9 Å². The number of nitrogens with two attached hydrogens (primary N) is 1. The fourth-order valence-corrected chi connectivity index (χ4v) is 1.16. The number of fused-ring (bicyclic) bond motifs is 1. The summed E-state index contributed by atoms with van der Waals surface area (Å²) in [6.45, 7) is 0. The first-order valence-corrected chi connectivity index (χ1v) is 3.62. The van der Waals surface area contributed by atoms with E-state index in [1.165, 1.54) is 6.07 Å². The Labute approximate surface area is 72.1 Å². The van der Waals surface area contributed by atoms with Crippen LogP contribution in [-0.2, 0) is 0 Å². The molecule has 0 aliphatic carbocycles. The summed E-state index contributed by atoms with van der Waals surface area (Å²) < 4.78 is 29.3. The van der Waals surface area contributed by atoms with Crippen molar-refractivity contribution in [2.24, 2.45) is 0 Å². The first-order valence-electron chi connectivity index (χ1n) is 3.62. The standard InChI is InChI=1S/C8H6F2N2O/c9-8(10)6-4-2-1-3-5(11)7(4)13-12-6/h1-3,8H,11H2. The van der Waals surface area contributed by atoms with E-state index in [4.69, 9.17) is 5.73 Å². The lowest BCUT2D eigenvalue weighted by Crippen LogP contribution is -1.86. The quantitative estimate of drug-likeness (QED) is 0.692. The van der Waals surface area contributed by atoms with Crippen molar-refractivity contribution in [1.82, 2.24) is 5.16 Å². The molecule has 0 spiro atoms. The summed E-state index contributed by atoms with van der Waals surface area (Å²) in [6, 6.07) is 4.66. The fraction of sp³-hybridized carbons (Fsp3) is 0.125. The molecule has 3 nitrogen and oxygen atoms in total. The van der Waals surface area contributed by atoms with Gasteiger partial charge in [-0.1, -0.05) is 11.2 Å². The van der Waals surface area contributed by atoms with Gasteiger partial charge in [0.05, 0.1) is 11.1 Å². The maximum atomic E-state index is 12.3. The van der Waals surface area contributed by atoms with Gasteiger partial charge in [0.1, 0.15) is 0 Å². The van der Waals surface area contributed by atoms with Gasteiger partial charge in [-0.3, -0.25) is 0 Å². The van der Waals surface area contributed by atoms with Crippen molar-refractivity contribution in [2.75, 3.05) is 5.73 Å². The van der Waals surface area contributed by atoms with E-state index in [2.05, 4.69) is 9.68 Å². The van der Waals surface area contributed by atoms with E-state index in [9.17, 15) is 8.78 Å². The summed E-state index contributed by atoms with van der Waals surface area (Å²) in [7, 11) is 0. The van der Waals surface area contributed by atoms with Crippen LogP contribution in [0.1, 0.15) is 12.1 Å². The number of para-hydroxylation sites is 1. The molecule has 0 amide bonds. The molecule has 0 bridgehead atoms. The fourth-order valence-electron chi connectivity index (χ4n) is 1.16. The average Bonchev–Trinajstić information content (AvgIpc) is 2.48. The van der Waals surface area contributed by atoms with E-state index in [1.54, 1.807) is 12.1 Å². The molecule has 68 valence electrons. The Balaban J connectivity index is 2.75. The van der Waals surface area contributed by atoms with Gasteiger partial charge < -0.3 is 10.3 Å². The van der Waals surface area contributed by atoms with Gasteiger partial charge in [-0.25, -0.2) is 8.78 Å². The molecule has 5 heteroatoms. The van der Waals surface area contributed by atoms with Crippen LogP contribution >= 0.6 is 0 Å². The van der Waals surface area contributed by atoms with Crippen LogP contribution in [0.2, 0.25) is 0 Å². The summed E-state index contributed by atoms with van der Waals surface area (Å²) in [6.07, 6.45) is -2.64. The highest BCUT2D eigenvalue weighted by molar-refractivity contribution is 5.89. The number of anilines is 1. The SMILES string of the molecule is Nc1cccc2c(C(F)F)noc12. The summed E-state index contributed by atoms with van der Waals surface area (Å²) >= 11 is 0. The van der Waals surface area contributed by atoms with Crippen molar-refractivity contribution < 1.29 is 13.3 Å². The second-order valence-electron chi connectivity index (χ2n) is 2.59. The first-order chi connectivity index (χ1) is 6.20. The lowest BCUT2D eigenvalue weighted by Gasteiger charge is -1.93. The van der Waals surface area contributed by atoms with Crippen LogP contribution in [-0.4, -0.2) is 5.16 Å². The predicted molar refractivity (Wildman–Crippen MR) is 43.4 cm³/mol. The van der Waals surface area contributed by atoms with E-state index >= 15 is 0 Å². The molecule has 1 aromatic heterocycles. The molecule has 2 aromatic rings. The van der Waals surface area contributed by atoms with Gasteiger partial charge in [0.25, 0.3) is 6.43 Å². The van der Waals surface area contributed by atoms with Gasteiger partial charge in [-0.2, -0.15) is 0 Å². The summed E-state index contributed by atoms with van der Waals surface area (Å²) in [4.78, 5) is 0. The second kappa shape index (κ2) is 2.69. The largest absolute Gasteiger partial charge is 0.396 e. The molecule has 0 aliphatic rings. The highest BCUT2D eigenvalue weighted by atomic mass is 19.3. The Morgan fingerprint density at radius 3 is 2.85 bits per heavy atom. The predicted octanol–water partition coefficient (Wildman–Crippen LogP) is 2.35. The molecule has 1 heterocycles. The first kappa shape index (κ1) is 7.97. The number of rotatable bonds is 1. The maximum Gasteiger partial charge on any atom is 0.284 e.